The van der Waals surface area contributed by atoms with Crippen LogP contribution in [0.4, 0.5) is 5.69 Å². The summed E-state index contributed by atoms with van der Waals surface area (Å²) in [6, 6.07) is 11.3. The quantitative estimate of drug-likeness (QED) is 0.542. The van der Waals surface area contributed by atoms with E-state index in [1.165, 1.54) is 11.8 Å². The summed E-state index contributed by atoms with van der Waals surface area (Å²) in [5.74, 6) is 1.41. The fourth-order valence-electron chi connectivity index (χ4n) is 2.50. The van der Waals surface area contributed by atoms with Crippen LogP contribution in [0.2, 0.25) is 0 Å². The number of amides is 1. The Morgan fingerprint density at radius 3 is 2.52 bits per heavy atom. The molecule has 0 aliphatic rings. The molecule has 0 unspecified atom stereocenters. The van der Waals surface area contributed by atoms with Gasteiger partial charge in [-0.1, -0.05) is 41.5 Å². The molecule has 1 amide bonds. The average molecular weight is 446 g/mol. The lowest BCUT2D eigenvalue weighted by molar-refractivity contribution is -0.113. The Morgan fingerprint density at radius 1 is 1.15 bits per heavy atom. The lowest BCUT2D eigenvalue weighted by Gasteiger charge is -2.12. The summed E-state index contributed by atoms with van der Waals surface area (Å²) in [6.45, 7) is 5.07. The number of benzene rings is 1. The third-order valence-corrected chi connectivity index (χ3v) is 5.16. The Hall–Kier alpha value is -2.19. The number of carbonyl (C=O) groups excluding carboxylic acids is 1. The maximum absolute atomic E-state index is 12.3. The summed E-state index contributed by atoms with van der Waals surface area (Å²) in [5.41, 5.74) is 1.73. The van der Waals surface area contributed by atoms with Crippen LogP contribution in [0.25, 0.3) is 11.4 Å². The number of nitrogens with one attached hydrogen (secondary N) is 1. The van der Waals surface area contributed by atoms with E-state index >= 15 is 0 Å². The summed E-state index contributed by atoms with van der Waals surface area (Å²) in [5, 5.41) is 12.3. The van der Waals surface area contributed by atoms with E-state index in [0.29, 0.717) is 5.92 Å². The van der Waals surface area contributed by atoms with E-state index in [-0.39, 0.29) is 11.7 Å². The molecule has 8 heteroatoms. The summed E-state index contributed by atoms with van der Waals surface area (Å²) in [4.78, 5) is 16.3. The first-order chi connectivity index (χ1) is 13.0. The van der Waals surface area contributed by atoms with Gasteiger partial charge in [0.15, 0.2) is 11.0 Å². The maximum atomic E-state index is 12.3. The van der Waals surface area contributed by atoms with Crippen molar-refractivity contribution in [3.05, 3.63) is 53.3 Å². The topological polar surface area (TPSA) is 72.7 Å². The molecule has 6 nitrogen and oxygen atoms in total. The predicted octanol–water partition coefficient (Wildman–Crippen LogP) is 4.49. The van der Waals surface area contributed by atoms with Crippen LogP contribution in [0.1, 0.15) is 13.8 Å². The molecular formula is C19H20BrN5OS. The van der Waals surface area contributed by atoms with Gasteiger partial charge in [0.25, 0.3) is 0 Å². The number of halogens is 1. The average Bonchev–Trinajstić information content (AvgIpc) is 3.04. The molecule has 3 aromatic rings. The van der Waals surface area contributed by atoms with Gasteiger partial charge in [0.1, 0.15) is 0 Å². The highest BCUT2D eigenvalue weighted by atomic mass is 79.9. The highest BCUT2D eigenvalue weighted by molar-refractivity contribution is 9.10. The number of thioether (sulfide) groups is 1. The minimum absolute atomic E-state index is 0.0770. The Morgan fingerprint density at radius 2 is 1.85 bits per heavy atom. The van der Waals surface area contributed by atoms with Crippen molar-refractivity contribution in [2.24, 2.45) is 5.92 Å². The number of nitrogens with zero attached hydrogens (tertiary/aromatic N) is 4. The summed E-state index contributed by atoms with van der Waals surface area (Å²) in [6.07, 6.45) is 3.48. The maximum Gasteiger partial charge on any atom is 0.234 e. The van der Waals surface area contributed by atoms with Gasteiger partial charge in [-0.15, -0.1) is 10.2 Å². The van der Waals surface area contributed by atoms with Crippen LogP contribution in [-0.4, -0.2) is 31.4 Å². The fraction of sp³-hybridized carbons (Fsp3) is 0.263. The summed E-state index contributed by atoms with van der Waals surface area (Å²) < 4.78 is 3.04. The Labute approximate surface area is 170 Å². The minimum atomic E-state index is -0.0770. The van der Waals surface area contributed by atoms with E-state index in [0.717, 1.165) is 33.2 Å². The summed E-state index contributed by atoms with van der Waals surface area (Å²) in [7, 11) is 0. The van der Waals surface area contributed by atoms with Crippen LogP contribution in [0.15, 0.2) is 58.4 Å². The van der Waals surface area contributed by atoms with Crippen molar-refractivity contribution in [3.63, 3.8) is 0 Å². The predicted molar refractivity (Wildman–Crippen MR) is 112 cm³/mol. The second-order valence-electron chi connectivity index (χ2n) is 6.39. The van der Waals surface area contributed by atoms with Gasteiger partial charge >= 0.3 is 0 Å². The molecule has 2 heterocycles. The van der Waals surface area contributed by atoms with Crippen molar-refractivity contribution in [1.82, 2.24) is 19.7 Å². The number of rotatable bonds is 7. The molecule has 0 radical (unpaired) electrons. The first kappa shape index (κ1) is 19.6. The van der Waals surface area contributed by atoms with Crippen LogP contribution in [0, 0.1) is 5.92 Å². The zero-order valence-electron chi connectivity index (χ0n) is 15.1. The van der Waals surface area contributed by atoms with Gasteiger partial charge in [-0.2, -0.15) is 0 Å². The van der Waals surface area contributed by atoms with Crippen molar-refractivity contribution in [2.45, 2.75) is 25.5 Å². The molecule has 2 aromatic heterocycles. The number of pyridine rings is 1. The molecule has 0 aliphatic carbocycles. The van der Waals surface area contributed by atoms with Crippen molar-refractivity contribution < 1.29 is 4.79 Å². The largest absolute Gasteiger partial charge is 0.325 e. The van der Waals surface area contributed by atoms with E-state index in [4.69, 9.17) is 0 Å². The second kappa shape index (κ2) is 9.14. The third-order valence-electron chi connectivity index (χ3n) is 3.66. The lowest BCUT2D eigenvalue weighted by Crippen LogP contribution is -2.15. The molecule has 0 fully saturated rings. The van der Waals surface area contributed by atoms with Gasteiger partial charge in [0, 0.05) is 34.7 Å². The number of aromatic nitrogens is 4. The van der Waals surface area contributed by atoms with Crippen molar-refractivity contribution >= 4 is 39.3 Å². The van der Waals surface area contributed by atoms with Crippen LogP contribution in [0.5, 0.6) is 0 Å². The zero-order chi connectivity index (χ0) is 19.2. The molecule has 0 saturated heterocycles. The first-order valence-corrected chi connectivity index (χ1v) is 10.3. The Kier molecular flexibility index (Phi) is 6.63. The standard InChI is InChI=1S/C19H20BrN5OS/c1-13(2)11-25-18(14-7-9-21-10-8-14)23-24-19(25)27-12-17(26)22-16-5-3-15(20)4-6-16/h3-10,13H,11-12H2,1-2H3,(H,22,26). The lowest BCUT2D eigenvalue weighted by atomic mass is 10.2. The molecule has 140 valence electrons. The molecular weight excluding hydrogens is 426 g/mol. The number of anilines is 1. The van der Waals surface area contributed by atoms with Gasteiger partial charge in [0.05, 0.1) is 5.75 Å². The highest BCUT2D eigenvalue weighted by Gasteiger charge is 2.16. The highest BCUT2D eigenvalue weighted by Crippen LogP contribution is 2.25. The number of hydrogen-bond donors (Lipinski definition) is 1. The number of hydrogen-bond acceptors (Lipinski definition) is 5. The van der Waals surface area contributed by atoms with Crippen LogP contribution < -0.4 is 5.32 Å². The van der Waals surface area contributed by atoms with Crippen LogP contribution in [0.3, 0.4) is 0 Å². The second-order valence-corrected chi connectivity index (χ2v) is 8.25. The fourth-order valence-corrected chi connectivity index (χ4v) is 3.51. The SMILES string of the molecule is CC(C)Cn1c(SCC(=O)Nc2ccc(Br)cc2)nnc1-c1ccncc1. The normalized spacial score (nSPS) is 11.0. The molecule has 0 atom stereocenters. The van der Waals surface area contributed by atoms with Gasteiger partial charge < -0.3 is 9.88 Å². The molecule has 0 spiro atoms. The molecule has 3 rings (SSSR count). The molecule has 1 aromatic carbocycles. The van der Waals surface area contributed by atoms with Gasteiger partial charge in [0.2, 0.25) is 5.91 Å². The molecule has 0 bridgehead atoms. The Bertz CT molecular complexity index is 896. The van der Waals surface area contributed by atoms with Crippen LogP contribution >= 0.6 is 27.7 Å². The van der Waals surface area contributed by atoms with Crippen molar-refractivity contribution in [2.75, 3.05) is 11.1 Å². The van der Waals surface area contributed by atoms with Gasteiger partial charge in [-0.05, 0) is 42.3 Å². The third kappa shape index (κ3) is 5.40. The molecule has 0 saturated carbocycles. The van der Waals surface area contributed by atoms with E-state index in [1.807, 2.05) is 36.4 Å². The van der Waals surface area contributed by atoms with E-state index in [2.05, 4.69) is 54.8 Å². The van der Waals surface area contributed by atoms with E-state index in [9.17, 15) is 4.79 Å². The summed E-state index contributed by atoms with van der Waals surface area (Å²) >= 11 is 4.77. The molecule has 1 N–H and O–H groups in total. The minimum Gasteiger partial charge on any atom is -0.325 e. The molecule has 27 heavy (non-hydrogen) atoms. The number of carbonyl (C=O) groups is 1. The van der Waals surface area contributed by atoms with Gasteiger partial charge in [-0.3, -0.25) is 9.78 Å². The first-order valence-electron chi connectivity index (χ1n) is 8.54. The van der Waals surface area contributed by atoms with Gasteiger partial charge in [-0.25, -0.2) is 0 Å². The van der Waals surface area contributed by atoms with Crippen molar-refractivity contribution in [3.8, 4) is 11.4 Å². The van der Waals surface area contributed by atoms with Crippen molar-refractivity contribution in [1.29, 1.82) is 0 Å². The monoisotopic (exact) mass is 445 g/mol. The Balaban J connectivity index is 1.71. The van der Waals surface area contributed by atoms with Crippen LogP contribution in [-0.2, 0) is 11.3 Å². The molecule has 0 aliphatic heterocycles. The van der Waals surface area contributed by atoms with E-state index in [1.54, 1.807) is 12.4 Å². The van der Waals surface area contributed by atoms with E-state index < -0.39 is 0 Å². The smallest absolute Gasteiger partial charge is 0.234 e. The zero-order valence-corrected chi connectivity index (χ0v) is 17.5.